The van der Waals surface area contributed by atoms with Gasteiger partial charge < -0.3 is 14.8 Å². The number of hydrogen-bond donors (Lipinski definition) is 2. The molecule has 0 fully saturated rings. The van der Waals surface area contributed by atoms with Gasteiger partial charge in [-0.25, -0.2) is 9.19 Å². The van der Waals surface area contributed by atoms with Crippen LogP contribution in [0.25, 0.3) is 21.0 Å². The Bertz CT molecular complexity index is 1000. The van der Waals surface area contributed by atoms with Crippen molar-refractivity contribution in [3.05, 3.63) is 48.7 Å². The van der Waals surface area contributed by atoms with Crippen LogP contribution < -0.4 is 10.2 Å². The Labute approximate surface area is 164 Å². The van der Waals surface area contributed by atoms with E-state index < -0.39 is 11.1 Å². The number of carbonyl (C=O) groups excluding carboxylic acids is 1. The number of anilines is 2. The molecule has 1 unspecified atom stereocenters. The van der Waals surface area contributed by atoms with Crippen LogP contribution in [-0.4, -0.2) is 33.7 Å². The first-order valence-corrected chi connectivity index (χ1v) is 10.1. The number of nitrogens with zero attached hydrogens (tertiary/aromatic N) is 2. The normalized spacial score (nSPS) is 11.9. The van der Waals surface area contributed by atoms with Gasteiger partial charge in [0.15, 0.2) is 11.1 Å². The Morgan fingerprint density at radius 2 is 1.93 bits per heavy atom. The van der Waals surface area contributed by atoms with Crippen molar-refractivity contribution in [1.29, 1.82) is 0 Å². The molecule has 0 radical (unpaired) electrons. The summed E-state index contributed by atoms with van der Waals surface area (Å²) in [5.74, 6) is -0.150. The highest BCUT2D eigenvalue weighted by Gasteiger charge is 2.16. The quantitative estimate of drug-likeness (QED) is 0.630. The first-order valence-electron chi connectivity index (χ1n) is 8.14. The molecule has 3 aromatic rings. The molecule has 0 aliphatic heterocycles. The third-order valence-corrected chi connectivity index (χ3v) is 6.00. The Kier molecular flexibility index (Phi) is 5.69. The molecule has 2 N–H and O–H groups in total. The Balaban J connectivity index is 1.99. The minimum Gasteiger partial charge on any atom is -0.388 e. The molecule has 1 heterocycles. The van der Waals surface area contributed by atoms with E-state index in [1.807, 2.05) is 31.3 Å². The van der Waals surface area contributed by atoms with Gasteiger partial charge in [0, 0.05) is 49.7 Å². The summed E-state index contributed by atoms with van der Waals surface area (Å²) in [6.07, 6.45) is 1.70. The van der Waals surface area contributed by atoms with E-state index in [0.717, 1.165) is 21.1 Å². The van der Waals surface area contributed by atoms with Gasteiger partial charge in [-0.3, -0.25) is 4.79 Å². The maximum atomic E-state index is 11.9. The topological polar surface area (TPSA) is 82.5 Å². The predicted molar refractivity (Wildman–Crippen MR) is 111 cm³/mol. The van der Waals surface area contributed by atoms with E-state index in [2.05, 4.69) is 10.3 Å². The van der Waals surface area contributed by atoms with Crippen LogP contribution >= 0.6 is 11.3 Å². The fourth-order valence-electron chi connectivity index (χ4n) is 2.56. The summed E-state index contributed by atoms with van der Waals surface area (Å²) in [5.41, 5.74) is 3.19. The molecule has 1 aromatic heterocycles. The minimum absolute atomic E-state index is 0.150. The zero-order chi connectivity index (χ0) is 19.6. The van der Waals surface area contributed by atoms with E-state index in [1.54, 1.807) is 31.4 Å². The van der Waals surface area contributed by atoms with E-state index in [1.165, 1.54) is 23.2 Å². The van der Waals surface area contributed by atoms with Crippen molar-refractivity contribution in [3.8, 4) is 21.0 Å². The summed E-state index contributed by atoms with van der Waals surface area (Å²) in [5, 5.41) is 3.90. The van der Waals surface area contributed by atoms with E-state index in [-0.39, 0.29) is 10.8 Å². The van der Waals surface area contributed by atoms with Crippen molar-refractivity contribution in [2.45, 2.75) is 11.8 Å². The minimum atomic E-state index is -2.19. The summed E-state index contributed by atoms with van der Waals surface area (Å²) in [7, 11) is 3.49. The maximum Gasteiger partial charge on any atom is 0.223 e. The Morgan fingerprint density at radius 3 is 2.52 bits per heavy atom. The van der Waals surface area contributed by atoms with Gasteiger partial charge in [0.25, 0.3) is 0 Å². The number of nitrogens with one attached hydrogen (secondary N) is 1. The summed E-state index contributed by atoms with van der Waals surface area (Å²) < 4.78 is 21.6. The summed E-state index contributed by atoms with van der Waals surface area (Å²) >= 11 is -0.741. The molecule has 6 nitrogen and oxygen atoms in total. The molecule has 0 bridgehead atoms. The zero-order valence-electron chi connectivity index (χ0n) is 15.1. The lowest BCUT2D eigenvalue weighted by atomic mass is 10.1. The van der Waals surface area contributed by atoms with Crippen molar-refractivity contribution < 1.29 is 13.6 Å². The second-order valence-corrected chi connectivity index (χ2v) is 7.83. The lowest BCUT2D eigenvalue weighted by Crippen LogP contribution is -2.22. The van der Waals surface area contributed by atoms with Gasteiger partial charge in [-0.2, -0.15) is 0 Å². The molecule has 2 aromatic carbocycles. The Hall–Kier alpha value is -2.55. The highest BCUT2D eigenvalue weighted by Crippen LogP contribution is 2.36. The number of hydrogen-bond acceptors (Lipinski definition) is 5. The third-order valence-electron chi connectivity index (χ3n) is 4.20. The molecule has 140 valence electrons. The molecule has 3 rings (SSSR count). The van der Waals surface area contributed by atoms with Crippen molar-refractivity contribution >= 4 is 39.7 Å². The second kappa shape index (κ2) is 7.99. The SMILES string of the molecule is CNc1ccc(-c2ncc(-c3ccc(N(C)C(C)=O)cc3S(=O)O)s2)cc1. The number of rotatable bonds is 5. The van der Waals surface area contributed by atoms with Crippen molar-refractivity contribution in [2.75, 3.05) is 24.3 Å². The predicted octanol–water partition coefficient (Wildman–Crippen LogP) is 4.08. The standard InChI is InChI=1S/C19H19N3O3S2/c1-12(23)22(3)15-8-9-16(18(10-15)27(24)25)17-11-21-19(26-17)13-4-6-14(20-2)7-5-13/h4-11,20H,1-3H3,(H,24,25). The molecule has 27 heavy (non-hydrogen) atoms. The largest absolute Gasteiger partial charge is 0.388 e. The molecule has 1 atom stereocenters. The van der Waals surface area contributed by atoms with E-state index in [9.17, 15) is 13.6 Å². The number of amides is 1. The smallest absolute Gasteiger partial charge is 0.223 e. The Morgan fingerprint density at radius 1 is 1.22 bits per heavy atom. The third kappa shape index (κ3) is 4.08. The lowest BCUT2D eigenvalue weighted by molar-refractivity contribution is -0.116. The summed E-state index contributed by atoms with van der Waals surface area (Å²) in [4.78, 5) is 18.5. The van der Waals surface area contributed by atoms with Gasteiger partial charge in [0.2, 0.25) is 5.91 Å². The van der Waals surface area contributed by atoms with Crippen LogP contribution in [-0.2, 0) is 15.9 Å². The van der Waals surface area contributed by atoms with Gasteiger partial charge in [-0.05, 0) is 36.4 Å². The van der Waals surface area contributed by atoms with Crippen LogP contribution in [0.2, 0.25) is 0 Å². The van der Waals surface area contributed by atoms with E-state index in [4.69, 9.17) is 0 Å². The van der Waals surface area contributed by atoms with Crippen molar-refractivity contribution in [2.24, 2.45) is 0 Å². The van der Waals surface area contributed by atoms with Crippen LogP contribution in [0.5, 0.6) is 0 Å². The van der Waals surface area contributed by atoms with Gasteiger partial charge in [-0.1, -0.05) is 6.07 Å². The van der Waals surface area contributed by atoms with Gasteiger partial charge in [-0.15, -0.1) is 11.3 Å². The van der Waals surface area contributed by atoms with Crippen LogP contribution in [0.15, 0.2) is 53.6 Å². The first-order chi connectivity index (χ1) is 12.9. The van der Waals surface area contributed by atoms with Crippen molar-refractivity contribution in [1.82, 2.24) is 4.98 Å². The second-order valence-electron chi connectivity index (χ2n) is 5.86. The van der Waals surface area contributed by atoms with Crippen LogP contribution in [0.4, 0.5) is 11.4 Å². The first kappa shape index (κ1) is 19.2. The number of benzene rings is 2. The zero-order valence-corrected chi connectivity index (χ0v) is 16.7. The summed E-state index contributed by atoms with van der Waals surface area (Å²) in [6.45, 7) is 1.44. The molecule has 8 heteroatoms. The number of thiazole rings is 1. The monoisotopic (exact) mass is 401 g/mol. The van der Waals surface area contributed by atoms with Crippen molar-refractivity contribution in [3.63, 3.8) is 0 Å². The molecule has 1 amide bonds. The number of carbonyl (C=O) groups is 1. The van der Waals surface area contributed by atoms with E-state index in [0.29, 0.717) is 11.3 Å². The van der Waals surface area contributed by atoms with Gasteiger partial charge in [0.1, 0.15) is 5.01 Å². The molecular weight excluding hydrogens is 382 g/mol. The fraction of sp³-hybridized carbons (Fsp3) is 0.158. The highest BCUT2D eigenvalue weighted by molar-refractivity contribution is 7.79. The highest BCUT2D eigenvalue weighted by atomic mass is 32.2. The lowest BCUT2D eigenvalue weighted by Gasteiger charge is -2.16. The molecule has 0 saturated heterocycles. The van der Waals surface area contributed by atoms with Crippen LogP contribution in [0.1, 0.15) is 6.92 Å². The maximum absolute atomic E-state index is 11.9. The molecule has 0 aliphatic carbocycles. The van der Waals surface area contributed by atoms with Crippen LogP contribution in [0.3, 0.4) is 0 Å². The fourth-order valence-corrected chi connectivity index (χ4v) is 4.17. The average molecular weight is 402 g/mol. The van der Waals surface area contributed by atoms with Gasteiger partial charge in [0.05, 0.1) is 9.77 Å². The number of aromatic nitrogens is 1. The molecule has 0 aliphatic rings. The summed E-state index contributed by atoms with van der Waals surface area (Å²) in [6, 6.07) is 13.0. The molecular formula is C19H19N3O3S2. The van der Waals surface area contributed by atoms with E-state index >= 15 is 0 Å². The molecule has 0 spiro atoms. The van der Waals surface area contributed by atoms with Gasteiger partial charge >= 0.3 is 0 Å². The average Bonchev–Trinajstić information content (AvgIpc) is 3.16. The molecule has 0 saturated carbocycles. The van der Waals surface area contributed by atoms with Crippen LogP contribution in [0, 0.1) is 0 Å².